The molecule has 0 radical (unpaired) electrons. The number of nitrogens with two attached hydrogens (primary N) is 1. The lowest BCUT2D eigenvalue weighted by Crippen LogP contribution is -2.09. The van der Waals surface area contributed by atoms with Gasteiger partial charge in [0.2, 0.25) is 10.0 Å². The Morgan fingerprint density at radius 3 is 2.33 bits per heavy atom. The molecule has 1 heterocycles. The molecule has 0 unspecified atom stereocenters. The molecule has 0 aromatic carbocycles. The quantitative estimate of drug-likeness (QED) is 0.718. The van der Waals surface area contributed by atoms with Crippen LogP contribution in [0, 0.1) is 0 Å². The van der Waals surface area contributed by atoms with E-state index in [-0.39, 0.29) is 9.09 Å². The Hall–Kier alpha value is -0.920. The predicted octanol–water partition coefficient (Wildman–Crippen LogP) is 0.0937. The van der Waals surface area contributed by atoms with Crippen LogP contribution >= 0.6 is 11.3 Å². The van der Waals surface area contributed by atoms with Crippen molar-refractivity contribution < 1.29 is 18.3 Å². The molecule has 1 rings (SSSR count). The Balaban J connectivity index is 3.17. The monoisotopic (exact) mass is 207 g/mol. The number of hydrogen-bond acceptors (Lipinski definition) is 4. The molecule has 0 atom stereocenters. The first-order valence-electron chi connectivity index (χ1n) is 2.77. The number of hydrogen-bond donors (Lipinski definition) is 2. The van der Waals surface area contributed by atoms with Crippen LogP contribution in [0.2, 0.25) is 0 Å². The van der Waals surface area contributed by atoms with Gasteiger partial charge in [-0.3, -0.25) is 0 Å². The maximum atomic E-state index is 10.7. The molecule has 0 aliphatic rings. The standard InChI is InChI=1S/C5H5NO4S2/c6-12(9,10)4-2-1-3(11-4)5(7)8/h1-2H,(H,7,8)(H2,6,9,10). The van der Waals surface area contributed by atoms with Gasteiger partial charge in [0, 0.05) is 0 Å². The summed E-state index contributed by atoms with van der Waals surface area (Å²) in [5, 5.41) is 13.2. The number of primary sulfonamides is 1. The highest BCUT2D eigenvalue weighted by Crippen LogP contribution is 2.19. The van der Waals surface area contributed by atoms with Crippen LogP contribution in [0.3, 0.4) is 0 Å². The van der Waals surface area contributed by atoms with Gasteiger partial charge in [-0.1, -0.05) is 0 Å². The maximum Gasteiger partial charge on any atom is 0.345 e. The summed E-state index contributed by atoms with van der Waals surface area (Å²) in [6, 6.07) is 2.37. The zero-order chi connectivity index (χ0) is 9.35. The van der Waals surface area contributed by atoms with Gasteiger partial charge in [-0.05, 0) is 12.1 Å². The molecular weight excluding hydrogens is 202 g/mol. The normalized spacial score (nSPS) is 11.4. The number of thiophene rings is 1. The molecule has 0 fully saturated rings. The lowest BCUT2D eigenvalue weighted by molar-refractivity contribution is 0.0702. The van der Waals surface area contributed by atoms with Crippen molar-refractivity contribution in [3.63, 3.8) is 0 Å². The first-order chi connectivity index (χ1) is 5.41. The van der Waals surface area contributed by atoms with Gasteiger partial charge in [0.1, 0.15) is 9.09 Å². The second-order valence-electron chi connectivity index (χ2n) is 1.97. The number of carboxylic acids is 1. The van der Waals surface area contributed by atoms with E-state index >= 15 is 0 Å². The highest BCUT2D eigenvalue weighted by Gasteiger charge is 2.13. The van der Waals surface area contributed by atoms with Crippen molar-refractivity contribution >= 4 is 27.3 Å². The minimum absolute atomic E-state index is 0.0426. The number of rotatable bonds is 2. The molecule has 7 heteroatoms. The van der Waals surface area contributed by atoms with E-state index < -0.39 is 16.0 Å². The second-order valence-corrected chi connectivity index (χ2v) is 4.84. The van der Waals surface area contributed by atoms with Crippen LogP contribution in [-0.2, 0) is 10.0 Å². The zero-order valence-corrected chi connectivity index (χ0v) is 7.35. The van der Waals surface area contributed by atoms with Crippen molar-refractivity contribution in [2.24, 2.45) is 5.14 Å². The fraction of sp³-hybridized carbons (Fsp3) is 0. The van der Waals surface area contributed by atoms with E-state index in [0.29, 0.717) is 11.3 Å². The van der Waals surface area contributed by atoms with Crippen LogP contribution in [0.1, 0.15) is 9.67 Å². The van der Waals surface area contributed by atoms with Crippen molar-refractivity contribution in [2.45, 2.75) is 4.21 Å². The van der Waals surface area contributed by atoms with Gasteiger partial charge in [-0.25, -0.2) is 18.4 Å². The zero-order valence-electron chi connectivity index (χ0n) is 5.72. The van der Waals surface area contributed by atoms with Crippen LogP contribution in [0.5, 0.6) is 0 Å². The van der Waals surface area contributed by atoms with Gasteiger partial charge < -0.3 is 5.11 Å². The molecule has 12 heavy (non-hydrogen) atoms. The molecule has 0 saturated carbocycles. The Morgan fingerprint density at radius 2 is 2.08 bits per heavy atom. The molecular formula is C5H5NO4S2. The summed E-state index contributed by atoms with van der Waals surface area (Å²) in [5.41, 5.74) is 0. The van der Waals surface area contributed by atoms with Gasteiger partial charge in [0.15, 0.2) is 0 Å². The highest BCUT2D eigenvalue weighted by atomic mass is 32.2. The molecule has 0 aliphatic heterocycles. The molecule has 0 saturated heterocycles. The minimum atomic E-state index is -3.76. The Kier molecular flexibility index (Phi) is 2.18. The SMILES string of the molecule is NS(=O)(=O)c1ccc(C(=O)O)s1. The van der Waals surface area contributed by atoms with E-state index in [4.69, 9.17) is 10.2 Å². The number of carbonyl (C=O) groups is 1. The summed E-state index contributed by atoms with van der Waals surface area (Å²) in [7, 11) is -3.76. The fourth-order valence-electron chi connectivity index (χ4n) is 0.588. The van der Waals surface area contributed by atoms with E-state index in [1.807, 2.05) is 0 Å². The third kappa shape index (κ3) is 1.81. The summed E-state index contributed by atoms with van der Waals surface area (Å²) in [4.78, 5) is 10.3. The predicted molar refractivity (Wildman–Crippen MR) is 42.7 cm³/mol. The Bertz CT molecular complexity index is 405. The minimum Gasteiger partial charge on any atom is -0.477 e. The molecule has 0 bridgehead atoms. The molecule has 1 aromatic rings. The lowest BCUT2D eigenvalue weighted by atomic mass is 10.5. The first-order valence-corrected chi connectivity index (χ1v) is 5.13. The number of carboxylic acid groups (broad SMARTS) is 1. The fourth-order valence-corrected chi connectivity index (χ4v) is 2.16. The van der Waals surface area contributed by atoms with Crippen LogP contribution in [0.4, 0.5) is 0 Å². The van der Waals surface area contributed by atoms with Crippen molar-refractivity contribution in [2.75, 3.05) is 0 Å². The second kappa shape index (κ2) is 2.85. The van der Waals surface area contributed by atoms with Gasteiger partial charge in [-0.15, -0.1) is 11.3 Å². The van der Waals surface area contributed by atoms with E-state index in [1.165, 1.54) is 12.1 Å². The molecule has 1 aromatic heterocycles. The van der Waals surface area contributed by atoms with Crippen LogP contribution in [0.25, 0.3) is 0 Å². The van der Waals surface area contributed by atoms with E-state index in [2.05, 4.69) is 0 Å². The van der Waals surface area contributed by atoms with Crippen molar-refractivity contribution in [3.05, 3.63) is 17.0 Å². The Labute approximate surface area is 72.5 Å². The van der Waals surface area contributed by atoms with Crippen molar-refractivity contribution in [1.82, 2.24) is 0 Å². The van der Waals surface area contributed by atoms with E-state index in [9.17, 15) is 13.2 Å². The third-order valence-corrected chi connectivity index (χ3v) is 3.58. The molecule has 0 aliphatic carbocycles. The summed E-state index contributed by atoms with van der Waals surface area (Å²) in [6.07, 6.45) is 0. The highest BCUT2D eigenvalue weighted by molar-refractivity contribution is 7.91. The summed E-state index contributed by atoms with van der Waals surface area (Å²) in [6.45, 7) is 0. The molecule has 66 valence electrons. The third-order valence-electron chi connectivity index (χ3n) is 1.07. The molecule has 5 nitrogen and oxygen atoms in total. The smallest absolute Gasteiger partial charge is 0.345 e. The average molecular weight is 207 g/mol. The average Bonchev–Trinajstić information content (AvgIpc) is 2.30. The van der Waals surface area contributed by atoms with Gasteiger partial charge in [-0.2, -0.15) is 0 Å². The summed E-state index contributed by atoms with van der Waals surface area (Å²) >= 11 is 0.635. The van der Waals surface area contributed by atoms with Crippen LogP contribution in [-0.4, -0.2) is 19.5 Å². The summed E-state index contributed by atoms with van der Waals surface area (Å²) < 4.78 is 21.2. The van der Waals surface area contributed by atoms with Crippen molar-refractivity contribution in [3.8, 4) is 0 Å². The maximum absolute atomic E-state index is 10.7. The van der Waals surface area contributed by atoms with E-state index in [0.717, 1.165) is 0 Å². The molecule has 0 amide bonds. The molecule has 3 N–H and O–H groups in total. The van der Waals surface area contributed by atoms with Gasteiger partial charge in [0.05, 0.1) is 0 Å². The topological polar surface area (TPSA) is 97.5 Å². The molecule has 0 spiro atoms. The number of sulfonamides is 1. The largest absolute Gasteiger partial charge is 0.477 e. The lowest BCUT2D eigenvalue weighted by Gasteiger charge is -1.88. The van der Waals surface area contributed by atoms with Crippen molar-refractivity contribution in [1.29, 1.82) is 0 Å². The van der Waals surface area contributed by atoms with Crippen LogP contribution in [0.15, 0.2) is 16.3 Å². The Morgan fingerprint density at radius 1 is 1.50 bits per heavy atom. The van der Waals surface area contributed by atoms with Gasteiger partial charge in [0.25, 0.3) is 0 Å². The van der Waals surface area contributed by atoms with Gasteiger partial charge >= 0.3 is 5.97 Å². The number of aromatic carboxylic acids is 1. The van der Waals surface area contributed by atoms with E-state index in [1.54, 1.807) is 0 Å². The first kappa shape index (κ1) is 9.17. The van der Waals surface area contributed by atoms with Crippen LogP contribution < -0.4 is 5.14 Å². The summed E-state index contributed by atoms with van der Waals surface area (Å²) in [5.74, 6) is -1.16.